The van der Waals surface area contributed by atoms with Gasteiger partial charge in [-0.15, -0.1) is 0 Å². The molecule has 1 amide bonds. The van der Waals surface area contributed by atoms with Crippen molar-refractivity contribution in [2.45, 2.75) is 33.0 Å². The quantitative estimate of drug-likeness (QED) is 0.345. The Morgan fingerprint density at radius 3 is 2.74 bits per heavy atom. The highest BCUT2D eigenvalue weighted by Crippen LogP contribution is 2.35. The summed E-state index contributed by atoms with van der Waals surface area (Å²) in [5, 5.41) is 5.43. The number of fused-ring (bicyclic) bond motifs is 2. The van der Waals surface area contributed by atoms with Crippen LogP contribution < -0.4 is 4.74 Å². The molecule has 2 aromatic carbocycles. The smallest absolute Gasteiger partial charge is 0.256 e. The summed E-state index contributed by atoms with van der Waals surface area (Å²) >= 11 is 0. The first kappa shape index (κ1) is 23.0. The number of aryl methyl sites for hydroxylation is 1. The minimum Gasteiger partial charge on any atom is -0.489 e. The average molecular weight is 475 g/mol. The van der Waals surface area contributed by atoms with E-state index in [-0.39, 0.29) is 24.4 Å². The fourth-order valence-corrected chi connectivity index (χ4v) is 4.36. The Bertz CT molecular complexity index is 1400. The molecule has 180 valence electrons. The lowest BCUT2D eigenvalue weighted by atomic mass is 9.99. The number of carbonyl (C=O) groups excluding carboxylic acids is 1. The molecule has 5 rings (SSSR count). The van der Waals surface area contributed by atoms with Gasteiger partial charge in [-0.3, -0.25) is 14.5 Å². The fraction of sp³-hybridized carbons (Fsp3) is 0.296. The normalized spacial score (nSPS) is 13.2. The molecule has 0 saturated carbocycles. The second-order valence-electron chi connectivity index (χ2n) is 8.91. The van der Waals surface area contributed by atoms with Crippen molar-refractivity contribution in [2.75, 3.05) is 13.2 Å². The number of carbonyl (C=O) groups is 1. The zero-order valence-corrected chi connectivity index (χ0v) is 20.0. The maximum atomic E-state index is 15.2. The minimum absolute atomic E-state index is 0.122. The number of hydrogen-bond donors (Lipinski definition) is 0. The molecule has 0 bridgehead atoms. The molecule has 0 aliphatic carbocycles. The second-order valence-corrected chi connectivity index (χ2v) is 8.91. The molecule has 0 saturated heterocycles. The number of halogens is 1. The monoisotopic (exact) mass is 474 g/mol. The number of rotatable bonds is 8. The highest BCUT2D eigenvalue weighted by atomic mass is 19.1. The van der Waals surface area contributed by atoms with E-state index in [0.29, 0.717) is 42.2 Å². The lowest BCUT2D eigenvalue weighted by Gasteiger charge is -2.16. The average Bonchev–Trinajstić information content (AvgIpc) is 3.38. The van der Waals surface area contributed by atoms with Crippen LogP contribution >= 0.6 is 0 Å². The van der Waals surface area contributed by atoms with Crippen molar-refractivity contribution < 1.29 is 18.7 Å². The van der Waals surface area contributed by atoms with Gasteiger partial charge in [0.15, 0.2) is 0 Å². The molecular weight excluding hydrogens is 447 g/mol. The van der Waals surface area contributed by atoms with Crippen LogP contribution in [0.1, 0.15) is 35.5 Å². The van der Waals surface area contributed by atoms with E-state index in [1.807, 2.05) is 45.3 Å². The van der Waals surface area contributed by atoms with Crippen LogP contribution in [0.4, 0.5) is 4.39 Å². The van der Waals surface area contributed by atoms with E-state index in [4.69, 9.17) is 9.47 Å². The number of ether oxygens (including phenoxy) is 2. The van der Waals surface area contributed by atoms with Crippen LogP contribution in [0, 0.1) is 5.82 Å². The number of nitrogens with zero attached hydrogens (tertiary/aromatic N) is 4. The minimum atomic E-state index is -0.359. The van der Waals surface area contributed by atoms with E-state index in [2.05, 4.69) is 10.1 Å². The van der Waals surface area contributed by atoms with Gasteiger partial charge in [-0.05, 0) is 55.3 Å². The molecule has 1 aliphatic heterocycles. The summed E-state index contributed by atoms with van der Waals surface area (Å²) in [5.41, 5.74) is 4.08. The molecular formula is C27H27FN4O3. The number of aromatic nitrogens is 3. The predicted octanol–water partition coefficient (Wildman–Crippen LogP) is 4.73. The first-order valence-electron chi connectivity index (χ1n) is 11.6. The van der Waals surface area contributed by atoms with Gasteiger partial charge in [0.05, 0.1) is 30.5 Å². The lowest BCUT2D eigenvalue weighted by Crippen LogP contribution is -2.23. The Morgan fingerprint density at radius 1 is 1.11 bits per heavy atom. The third-order valence-corrected chi connectivity index (χ3v) is 6.02. The Balaban J connectivity index is 1.37. The van der Waals surface area contributed by atoms with Gasteiger partial charge in [0.1, 0.15) is 23.7 Å². The second kappa shape index (κ2) is 9.46. The predicted molar refractivity (Wildman–Crippen MR) is 131 cm³/mol. The molecule has 4 aromatic rings. The van der Waals surface area contributed by atoms with Gasteiger partial charge in [0.2, 0.25) is 0 Å². The molecule has 0 radical (unpaired) electrons. The largest absolute Gasteiger partial charge is 0.489 e. The molecule has 0 fully saturated rings. The van der Waals surface area contributed by atoms with Crippen molar-refractivity contribution in [3.05, 3.63) is 77.5 Å². The van der Waals surface area contributed by atoms with Gasteiger partial charge in [-0.2, -0.15) is 5.10 Å². The number of pyridine rings is 1. The Hall–Kier alpha value is -3.78. The van der Waals surface area contributed by atoms with Crippen LogP contribution in [-0.2, 0) is 24.9 Å². The van der Waals surface area contributed by atoms with Crippen molar-refractivity contribution in [1.82, 2.24) is 19.7 Å². The SMILES string of the molecule is CC(C)OCCOc1ccc(-c2ccc(CN3Cc4ncccc4C3=O)c(F)c2)c2cn(C)nc12. The van der Waals surface area contributed by atoms with Crippen molar-refractivity contribution >= 4 is 16.8 Å². The molecule has 0 N–H and O–H groups in total. The number of amides is 1. The summed E-state index contributed by atoms with van der Waals surface area (Å²) in [6, 6.07) is 12.4. The molecule has 2 aromatic heterocycles. The van der Waals surface area contributed by atoms with E-state index in [9.17, 15) is 4.79 Å². The summed E-state index contributed by atoms with van der Waals surface area (Å²) < 4.78 is 28.4. The molecule has 35 heavy (non-hydrogen) atoms. The van der Waals surface area contributed by atoms with Crippen molar-refractivity contribution in [3.8, 4) is 16.9 Å². The lowest BCUT2D eigenvalue weighted by molar-refractivity contribution is 0.0555. The standard InChI is InChI=1S/C27H27FN4O3/c1-17(2)34-11-12-35-25-9-8-20(22-15-31(3)30-26(22)25)18-6-7-19(23(28)13-18)14-32-16-24-21(27(32)33)5-4-10-29-24/h4-10,13,15,17H,11-12,14,16H2,1-3H3. The molecule has 1 aliphatic rings. The van der Waals surface area contributed by atoms with Gasteiger partial charge in [-0.25, -0.2) is 4.39 Å². The van der Waals surface area contributed by atoms with Crippen LogP contribution in [0.2, 0.25) is 0 Å². The highest BCUT2D eigenvalue weighted by Gasteiger charge is 2.28. The van der Waals surface area contributed by atoms with Crippen LogP contribution in [-0.4, -0.2) is 44.9 Å². The molecule has 0 atom stereocenters. The molecule has 0 spiro atoms. The molecule has 3 heterocycles. The van der Waals surface area contributed by atoms with Crippen molar-refractivity contribution in [1.29, 1.82) is 0 Å². The highest BCUT2D eigenvalue weighted by molar-refractivity contribution is 5.98. The Morgan fingerprint density at radius 2 is 1.97 bits per heavy atom. The molecule has 0 unspecified atom stereocenters. The first-order valence-corrected chi connectivity index (χ1v) is 11.6. The summed E-state index contributed by atoms with van der Waals surface area (Å²) in [6.45, 7) is 5.44. The maximum Gasteiger partial charge on any atom is 0.256 e. The van der Waals surface area contributed by atoms with Gasteiger partial charge in [0, 0.05) is 36.9 Å². The summed E-state index contributed by atoms with van der Waals surface area (Å²) in [7, 11) is 1.85. The van der Waals surface area contributed by atoms with E-state index in [0.717, 1.165) is 22.2 Å². The van der Waals surface area contributed by atoms with E-state index < -0.39 is 0 Å². The van der Waals surface area contributed by atoms with Crippen LogP contribution in [0.15, 0.2) is 54.9 Å². The van der Waals surface area contributed by atoms with Gasteiger partial charge in [-0.1, -0.05) is 12.1 Å². The zero-order valence-electron chi connectivity index (χ0n) is 20.0. The van der Waals surface area contributed by atoms with Gasteiger partial charge < -0.3 is 14.4 Å². The van der Waals surface area contributed by atoms with Crippen LogP contribution in [0.25, 0.3) is 22.0 Å². The molecule has 7 nitrogen and oxygen atoms in total. The Labute approximate surface area is 203 Å². The van der Waals surface area contributed by atoms with Gasteiger partial charge >= 0.3 is 0 Å². The summed E-state index contributed by atoms with van der Waals surface area (Å²) in [6.07, 6.45) is 3.71. The summed E-state index contributed by atoms with van der Waals surface area (Å²) in [4.78, 5) is 18.5. The van der Waals surface area contributed by atoms with E-state index in [1.54, 1.807) is 34.0 Å². The third-order valence-electron chi connectivity index (χ3n) is 6.02. The molecule has 8 heteroatoms. The van der Waals surface area contributed by atoms with Crippen molar-refractivity contribution in [3.63, 3.8) is 0 Å². The number of benzene rings is 2. The van der Waals surface area contributed by atoms with E-state index >= 15 is 4.39 Å². The van der Waals surface area contributed by atoms with Crippen LogP contribution in [0.3, 0.4) is 0 Å². The first-order chi connectivity index (χ1) is 16.9. The summed E-state index contributed by atoms with van der Waals surface area (Å²) in [5.74, 6) is 0.181. The van der Waals surface area contributed by atoms with Crippen molar-refractivity contribution in [2.24, 2.45) is 7.05 Å². The van der Waals surface area contributed by atoms with Crippen LogP contribution in [0.5, 0.6) is 5.75 Å². The maximum absolute atomic E-state index is 15.2. The third kappa shape index (κ3) is 4.61. The van der Waals surface area contributed by atoms with E-state index in [1.165, 1.54) is 6.07 Å². The Kier molecular flexibility index (Phi) is 6.21. The fourth-order valence-electron chi connectivity index (χ4n) is 4.36. The number of hydrogen-bond acceptors (Lipinski definition) is 5. The topological polar surface area (TPSA) is 69.5 Å². The van der Waals surface area contributed by atoms with Gasteiger partial charge in [0.25, 0.3) is 5.91 Å². The zero-order chi connectivity index (χ0) is 24.5.